The molecule has 118 valence electrons. The molecule has 0 bridgehead atoms. The Morgan fingerprint density at radius 2 is 2.14 bits per heavy atom. The number of sulfonamides is 1. The van der Waals surface area contributed by atoms with Crippen LogP contribution in [0.3, 0.4) is 0 Å². The van der Waals surface area contributed by atoms with Gasteiger partial charge in [0.15, 0.2) is 0 Å². The molecule has 0 aromatic heterocycles. The number of aliphatic hydroxyl groups excluding tert-OH is 1. The highest BCUT2D eigenvalue weighted by Crippen LogP contribution is 2.21. The summed E-state index contributed by atoms with van der Waals surface area (Å²) in [6.45, 7) is 5.47. The van der Waals surface area contributed by atoms with Gasteiger partial charge in [0.05, 0.1) is 11.0 Å². The molecule has 1 saturated heterocycles. The van der Waals surface area contributed by atoms with Gasteiger partial charge in [-0.3, -0.25) is 0 Å². The van der Waals surface area contributed by atoms with Crippen molar-refractivity contribution < 1.29 is 13.5 Å². The Morgan fingerprint density at radius 3 is 2.76 bits per heavy atom. The minimum atomic E-state index is -3.55. The summed E-state index contributed by atoms with van der Waals surface area (Å²) in [6, 6.07) is 6.44. The van der Waals surface area contributed by atoms with Crippen molar-refractivity contribution in [1.82, 2.24) is 9.62 Å². The van der Waals surface area contributed by atoms with Crippen LogP contribution in [0.15, 0.2) is 29.2 Å². The topological polar surface area (TPSA) is 69.6 Å². The van der Waals surface area contributed by atoms with Crippen molar-refractivity contribution in [3.8, 4) is 0 Å². The van der Waals surface area contributed by atoms with E-state index < -0.39 is 16.1 Å². The number of likely N-dealkylation sites (tertiary alicyclic amines) is 1. The number of piperidine rings is 1. The quantitative estimate of drug-likeness (QED) is 0.881. The third kappa shape index (κ3) is 4.03. The number of benzene rings is 1. The van der Waals surface area contributed by atoms with Crippen LogP contribution in [-0.2, 0) is 10.0 Å². The molecule has 3 atom stereocenters. The van der Waals surface area contributed by atoms with Crippen LogP contribution in [0, 0.1) is 5.92 Å². The zero-order valence-corrected chi connectivity index (χ0v) is 13.6. The normalized spacial score (nSPS) is 25.7. The van der Waals surface area contributed by atoms with Gasteiger partial charge in [0.25, 0.3) is 0 Å². The van der Waals surface area contributed by atoms with E-state index in [1.165, 1.54) is 6.07 Å². The van der Waals surface area contributed by atoms with Crippen LogP contribution < -0.4 is 4.72 Å². The molecule has 5 nitrogen and oxygen atoms in total. The maximum Gasteiger partial charge on any atom is 0.240 e. The van der Waals surface area contributed by atoms with Crippen molar-refractivity contribution in [2.24, 2.45) is 5.92 Å². The molecule has 1 aromatic carbocycles. The maximum absolute atomic E-state index is 12.5. The highest BCUT2D eigenvalue weighted by Gasteiger charge is 2.28. The second kappa shape index (κ2) is 6.44. The lowest BCUT2D eigenvalue weighted by atomic mass is 9.95. The van der Waals surface area contributed by atoms with E-state index in [2.05, 4.69) is 16.5 Å². The highest BCUT2D eigenvalue weighted by atomic mass is 32.2. The summed E-state index contributed by atoms with van der Waals surface area (Å²) in [4.78, 5) is 2.43. The molecular weight excluding hydrogens is 288 g/mol. The van der Waals surface area contributed by atoms with Gasteiger partial charge in [0.1, 0.15) is 0 Å². The summed E-state index contributed by atoms with van der Waals surface area (Å²) in [5.41, 5.74) is 0.606. The smallest absolute Gasteiger partial charge is 0.240 e. The first-order valence-electron chi connectivity index (χ1n) is 7.28. The Bertz CT molecular complexity index is 586. The maximum atomic E-state index is 12.5. The van der Waals surface area contributed by atoms with Gasteiger partial charge in [0.2, 0.25) is 10.0 Å². The number of aliphatic hydroxyl groups is 1. The lowest BCUT2D eigenvalue weighted by Crippen LogP contribution is -2.48. The molecule has 0 saturated carbocycles. The Balaban J connectivity index is 2.17. The average molecular weight is 312 g/mol. The van der Waals surface area contributed by atoms with Crippen molar-refractivity contribution in [2.75, 3.05) is 20.1 Å². The van der Waals surface area contributed by atoms with Crippen LogP contribution in [0.5, 0.6) is 0 Å². The number of rotatable bonds is 4. The van der Waals surface area contributed by atoms with Crippen molar-refractivity contribution in [3.05, 3.63) is 29.8 Å². The van der Waals surface area contributed by atoms with Gasteiger partial charge in [-0.2, -0.15) is 0 Å². The van der Waals surface area contributed by atoms with Crippen LogP contribution in [0.1, 0.15) is 31.9 Å². The van der Waals surface area contributed by atoms with E-state index in [9.17, 15) is 13.5 Å². The minimum absolute atomic E-state index is 0.0404. The molecule has 1 aliphatic heterocycles. The molecule has 2 N–H and O–H groups in total. The lowest BCUT2D eigenvalue weighted by Gasteiger charge is -2.34. The summed E-state index contributed by atoms with van der Waals surface area (Å²) in [6.07, 6.45) is 0.134. The van der Waals surface area contributed by atoms with Crippen LogP contribution >= 0.6 is 0 Å². The van der Waals surface area contributed by atoms with Gasteiger partial charge < -0.3 is 10.0 Å². The fourth-order valence-corrected chi connectivity index (χ4v) is 4.17. The zero-order chi connectivity index (χ0) is 15.6. The van der Waals surface area contributed by atoms with Gasteiger partial charge >= 0.3 is 0 Å². The average Bonchev–Trinajstić information content (AvgIpc) is 2.42. The van der Waals surface area contributed by atoms with E-state index >= 15 is 0 Å². The molecule has 1 aromatic rings. The molecule has 2 rings (SSSR count). The molecule has 3 unspecified atom stereocenters. The summed E-state index contributed by atoms with van der Waals surface area (Å²) in [5.74, 6) is 0.276. The first kappa shape index (κ1) is 16.4. The Morgan fingerprint density at radius 1 is 1.43 bits per heavy atom. The molecule has 1 aliphatic rings. The highest BCUT2D eigenvalue weighted by molar-refractivity contribution is 7.89. The van der Waals surface area contributed by atoms with Crippen molar-refractivity contribution in [2.45, 2.75) is 37.3 Å². The Hall–Kier alpha value is -0.950. The Kier molecular flexibility index (Phi) is 5.03. The van der Waals surface area contributed by atoms with Gasteiger partial charge in [-0.1, -0.05) is 19.1 Å². The van der Waals surface area contributed by atoms with E-state index in [0.29, 0.717) is 5.56 Å². The monoisotopic (exact) mass is 312 g/mol. The third-order valence-corrected chi connectivity index (χ3v) is 5.55. The van der Waals surface area contributed by atoms with E-state index in [0.717, 1.165) is 19.5 Å². The molecule has 0 aliphatic carbocycles. The van der Waals surface area contributed by atoms with Gasteiger partial charge in [0, 0.05) is 12.6 Å². The number of hydrogen-bond donors (Lipinski definition) is 2. The van der Waals surface area contributed by atoms with Crippen LogP contribution in [-0.4, -0.2) is 44.6 Å². The first-order valence-corrected chi connectivity index (χ1v) is 8.77. The summed E-state index contributed by atoms with van der Waals surface area (Å²) in [5, 5.41) is 9.59. The molecule has 1 fully saturated rings. The summed E-state index contributed by atoms with van der Waals surface area (Å²) < 4.78 is 27.8. The molecule has 21 heavy (non-hydrogen) atoms. The van der Waals surface area contributed by atoms with Gasteiger partial charge in [-0.05, 0) is 50.6 Å². The zero-order valence-electron chi connectivity index (χ0n) is 12.8. The van der Waals surface area contributed by atoms with E-state index in [4.69, 9.17) is 0 Å². The fourth-order valence-electron chi connectivity index (χ4n) is 2.74. The molecule has 0 spiro atoms. The second-order valence-corrected chi connectivity index (χ2v) is 7.72. The SMILES string of the molecule is CC(O)c1cccc(S(=O)(=O)NC2CCN(C)CC2C)c1. The van der Waals surface area contributed by atoms with Crippen LogP contribution in [0.25, 0.3) is 0 Å². The first-order chi connectivity index (χ1) is 9.79. The van der Waals surface area contributed by atoms with Crippen LogP contribution in [0.2, 0.25) is 0 Å². The van der Waals surface area contributed by atoms with Gasteiger partial charge in [-0.25, -0.2) is 13.1 Å². The molecule has 0 amide bonds. The van der Waals surface area contributed by atoms with E-state index in [-0.39, 0.29) is 16.9 Å². The lowest BCUT2D eigenvalue weighted by molar-refractivity contribution is 0.188. The molecule has 6 heteroatoms. The summed E-state index contributed by atoms with van der Waals surface area (Å²) >= 11 is 0. The van der Waals surface area contributed by atoms with Crippen LogP contribution in [0.4, 0.5) is 0 Å². The van der Waals surface area contributed by atoms with E-state index in [1.54, 1.807) is 25.1 Å². The second-order valence-electron chi connectivity index (χ2n) is 6.00. The Labute approximate surface area is 127 Å². The van der Waals surface area contributed by atoms with Gasteiger partial charge in [-0.15, -0.1) is 0 Å². The molecular formula is C15H24N2O3S. The molecule has 1 heterocycles. The number of hydrogen-bond acceptors (Lipinski definition) is 4. The number of nitrogens with zero attached hydrogens (tertiary/aromatic N) is 1. The third-order valence-electron chi connectivity index (χ3n) is 4.07. The van der Waals surface area contributed by atoms with E-state index in [1.807, 2.05) is 7.05 Å². The molecule has 0 radical (unpaired) electrons. The van der Waals surface area contributed by atoms with Crippen molar-refractivity contribution in [3.63, 3.8) is 0 Å². The van der Waals surface area contributed by atoms with Crippen molar-refractivity contribution >= 4 is 10.0 Å². The predicted octanol–water partition coefficient (Wildman–Crippen LogP) is 1.36. The predicted molar refractivity (Wildman–Crippen MR) is 82.5 cm³/mol. The fraction of sp³-hybridized carbons (Fsp3) is 0.600. The standard InChI is InChI=1S/C15H24N2O3S/c1-11-10-17(3)8-7-15(11)16-21(19,20)14-6-4-5-13(9-14)12(2)18/h4-6,9,11-12,15-16,18H,7-8,10H2,1-3H3. The largest absolute Gasteiger partial charge is 0.389 e. The van der Waals surface area contributed by atoms with Crippen molar-refractivity contribution in [1.29, 1.82) is 0 Å². The minimum Gasteiger partial charge on any atom is -0.389 e. The summed E-state index contributed by atoms with van der Waals surface area (Å²) in [7, 11) is -1.50. The number of nitrogens with one attached hydrogen (secondary N) is 1.